The van der Waals surface area contributed by atoms with Crippen molar-refractivity contribution in [3.63, 3.8) is 0 Å². The van der Waals surface area contributed by atoms with Crippen molar-refractivity contribution in [1.29, 1.82) is 0 Å². The maximum atomic E-state index is 11.4. The largest absolute Gasteiger partial charge is 0.463 e. The van der Waals surface area contributed by atoms with Crippen molar-refractivity contribution in [2.75, 3.05) is 6.61 Å². The standard InChI is InChI=1S/C16H21NO7/c1-8(19)10-4-3-5-11(6-10)23-16-13(17-9(2)20)15(22)14(21)12(7-18)24-16/h3-6,12-16,18,21-22H,7H2,1-2H3,(H,17,20). The molecule has 1 aliphatic heterocycles. The van der Waals surface area contributed by atoms with Crippen molar-refractivity contribution >= 4 is 11.7 Å². The van der Waals surface area contributed by atoms with Crippen LogP contribution >= 0.6 is 0 Å². The van der Waals surface area contributed by atoms with Gasteiger partial charge >= 0.3 is 0 Å². The first-order valence-corrected chi connectivity index (χ1v) is 7.50. The van der Waals surface area contributed by atoms with Crippen LogP contribution in [0.5, 0.6) is 5.75 Å². The number of Topliss-reactive ketones (excluding diaryl/α,β-unsaturated/α-hetero) is 1. The summed E-state index contributed by atoms with van der Waals surface area (Å²) in [4.78, 5) is 22.8. The van der Waals surface area contributed by atoms with Crippen molar-refractivity contribution < 1.29 is 34.4 Å². The van der Waals surface area contributed by atoms with E-state index in [0.717, 1.165) is 0 Å². The van der Waals surface area contributed by atoms with Gasteiger partial charge in [0.25, 0.3) is 0 Å². The Morgan fingerprint density at radius 2 is 1.96 bits per heavy atom. The number of hydrogen-bond donors (Lipinski definition) is 4. The van der Waals surface area contributed by atoms with Crippen molar-refractivity contribution in [3.8, 4) is 5.75 Å². The molecule has 4 N–H and O–H groups in total. The highest BCUT2D eigenvalue weighted by atomic mass is 16.7. The Hall–Kier alpha value is -2.00. The van der Waals surface area contributed by atoms with Gasteiger partial charge in [0, 0.05) is 12.5 Å². The SMILES string of the molecule is CC(=O)NC1C(Oc2cccc(C(C)=O)c2)OC(CO)C(O)C1O. The number of ketones is 1. The highest BCUT2D eigenvalue weighted by molar-refractivity contribution is 5.94. The molecule has 0 bridgehead atoms. The van der Waals surface area contributed by atoms with Gasteiger partial charge in [-0.3, -0.25) is 9.59 Å². The Labute approximate surface area is 139 Å². The van der Waals surface area contributed by atoms with Crippen LogP contribution in [0, 0.1) is 0 Å². The van der Waals surface area contributed by atoms with Gasteiger partial charge in [-0.15, -0.1) is 0 Å². The molecule has 1 heterocycles. The van der Waals surface area contributed by atoms with Crippen molar-refractivity contribution in [2.24, 2.45) is 0 Å². The Morgan fingerprint density at radius 1 is 1.25 bits per heavy atom. The van der Waals surface area contributed by atoms with E-state index >= 15 is 0 Å². The van der Waals surface area contributed by atoms with Gasteiger partial charge < -0.3 is 30.1 Å². The number of carbonyl (C=O) groups excluding carboxylic acids is 2. The predicted octanol–water partition coefficient (Wildman–Crippen LogP) is -0.788. The highest BCUT2D eigenvalue weighted by Crippen LogP contribution is 2.25. The van der Waals surface area contributed by atoms with Gasteiger partial charge in [0.15, 0.2) is 5.78 Å². The fourth-order valence-corrected chi connectivity index (χ4v) is 2.49. The van der Waals surface area contributed by atoms with Gasteiger partial charge in [0.1, 0.15) is 30.1 Å². The fourth-order valence-electron chi connectivity index (χ4n) is 2.49. The molecule has 0 aromatic heterocycles. The molecule has 8 heteroatoms. The number of hydrogen-bond acceptors (Lipinski definition) is 7. The third-order valence-electron chi connectivity index (χ3n) is 3.74. The number of aliphatic hydroxyl groups excluding tert-OH is 3. The normalized spacial score (nSPS) is 29.8. The first-order chi connectivity index (χ1) is 11.3. The van der Waals surface area contributed by atoms with E-state index in [4.69, 9.17) is 9.47 Å². The molecule has 1 aromatic carbocycles. The molecular weight excluding hydrogens is 318 g/mol. The van der Waals surface area contributed by atoms with E-state index in [1.165, 1.54) is 19.9 Å². The van der Waals surface area contributed by atoms with Gasteiger partial charge in [-0.2, -0.15) is 0 Å². The Bertz CT molecular complexity index is 606. The van der Waals surface area contributed by atoms with E-state index in [0.29, 0.717) is 11.3 Å². The minimum absolute atomic E-state index is 0.146. The molecule has 0 saturated carbocycles. The lowest BCUT2D eigenvalue weighted by atomic mass is 9.97. The summed E-state index contributed by atoms with van der Waals surface area (Å²) in [5.74, 6) is -0.293. The van der Waals surface area contributed by atoms with E-state index in [1.807, 2.05) is 0 Å². The van der Waals surface area contributed by atoms with Gasteiger partial charge in [-0.05, 0) is 19.1 Å². The average Bonchev–Trinajstić information content (AvgIpc) is 2.54. The van der Waals surface area contributed by atoms with E-state index < -0.39 is 43.2 Å². The van der Waals surface area contributed by atoms with Gasteiger partial charge in [0.05, 0.1) is 6.61 Å². The molecule has 1 amide bonds. The second kappa shape index (κ2) is 7.71. The highest BCUT2D eigenvalue weighted by Gasteiger charge is 2.46. The molecule has 0 radical (unpaired) electrons. The summed E-state index contributed by atoms with van der Waals surface area (Å²) in [6.07, 6.45) is -4.98. The zero-order valence-corrected chi connectivity index (χ0v) is 13.4. The minimum Gasteiger partial charge on any atom is -0.463 e. The molecule has 0 aliphatic carbocycles. The molecule has 5 atom stereocenters. The molecule has 1 aliphatic rings. The van der Waals surface area contributed by atoms with Gasteiger partial charge in [-0.1, -0.05) is 12.1 Å². The zero-order chi connectivity index (χ0) is 17.9. The number of ether oxygens (including phenoxy) is 2. The van der Waals surface area contributed by atoms with Gasteiger partial charge in [-0.25, -0.2) is 0 Å². The van der Waals surface area contributed by atoms with Crippen LogP contribution in [0.2, 0.25) is 0 Å². The Morgan fingerprint density at radius 3 is 2.54 bits per heavy atom. The summed E-state index contributed by atoms with van der Waals surface area (Å²) >= 11 is 0. The van der Waals surface area contributed by atoms with Crippen molar-refractivity contribution in [3.05, 3.63) is 29.8 Å². The first kappa shape index (κ1) is 18.3. The maximum absolute atomic E-state index is 11.4. The number of benzene rings is 1. The summed E-state index contributed by atoms with van der Waals surface area (Å²) in [7, 11) is 0. The molecule has 24 heavy (non-hydrogen) atoms. The summed E-state index contributed by atoms with van der Waals surface area (Å²) in [6, 6.07) is 5.30. The van der Waals surface area contributed by atoms with Crippen molar-refractivity contribution in [1.82, 2.24) is 5.32 Å². The third kappa shape index (κ3) is 4.09. The molecule has 2 rings (SSSR count). The summed E-state index contributed by atoms with van der Waals surface area (Å²) in [5.41, 5.74) is 0.429. The lowest BCUT2D eigenvalue weighted by Gasteiger charge is -2.42. The molecular formula is C16H21NO7. The fraction of sp³-hybridized carbons (Fsp3) is 0.500. The lowest BCUT2D eigenvalue weighted by molar-refractivity contribution is -0.244. The molecule has 1 saturated heterocycles. The molecule has 1 aromatic rings. The molecule has 132 valence electrons. The van der Waals surface area contributed by atoms with Crippen LogP contribution in [0.1, 0.15) is 24.2 Å². The average molecular weight is 339 g/mol. The van der Waals surface area contributed by atoms with E-state index in [9.17, 15) is 24.9 Å². The Kier molecular flexibility index (Phi) is 5.89. The van der Waals surface area contributed by atoms with Crippen LogP contribution in [0.4, 0.5) is 0 Å². The number of nitrogens with one attached hydrogen (secondary N) is 1. The summed E-state index contributed by atoms with van der Waals surface area (Å²) < 4.78 is 11.1. The quantitative estimate of drug-likeness (QED) is 0.518. The van der Waals surface area contributed by atoms with Crippen LogP contribution < -0.4 is 10.1 Å². The van der Waals surface area contributed by atoms with E-state index in [1.54, 1.807) is 18.2 Å². The lowest BCUT2D eigenvalue weighted by Crippen LogP contribution is -2.65. The summed E-state index contributed by atoms with van der Waals surface area (Å²) in [6.45, 7) is 2.14. The van der Waals surface area contributed by atoms with Gasteiger partial charge in [0.2, 0.25) is 12.2 Å². The van der Waals surface area contributed by atoms with Crippen LogP contribution in [0.3, 0.4) is 0 Å². The van der Waals surface area contributed by atoms with Crippen LogP contribution in [0.25, 0.3) is 0 Å². The minimum atomic E-state index is -1.39. The zero-order valence-electron chi connectivity index (χ0n) is 13.4. The predicted molar refractivity (Wildman–Crippen MR) is 82.4 cm³/mol. The van der Waals surface area contributed by atoms with Crippen LogP contribution in [-0.4, -0.2) is 64.3 Å². The van der Waals surface area contributed by atoms with Crippen LogP contribution in [-0.2, 0) is 9.53 Å². The maximum Gasteiger partial charge on any atom is 0.223 e. The Balaban J connectivity index is 2.24. The van der Waals surface area contributed by atoms with E-state index in [2.05, 4.69) is 5.32 Å². The summed E-state index contributed by atoms with van der Waals surface area (Å²) in [5, 5.41) is 31.9. The molecule has 5 unspecified atom stereocenters. The number of aliphatic hydroxyl groups is 3. The monoisotopic (exact) mass is 339 g/mol. The van der Waals surface area contributed by atoms with E-state index in [-0.39, 0.29) is 5.78 Å². The number of amides is 1. The topological polar surface area (TPSA) is 125 Å². The molecule has 8 nitrogen and oxygen atoms in total. The molecule has 1 fully saturated rings. The second-order valence-corrected chi connectivity index (χ2v) is 5.63. The third-order valence-corrected chi connectivity index (χ3v) is 3.74. The van der Waals surface area contributed by atoms with Crippen molar-refractivity contribution in [2.45, 2.75) is 44.5 Å². The second-order valence-electron chi connectivity index (χ2n) is 5.63. The van der Waals surface area contributed by atoms with Crippen LogP contribution in [0.15, 0.2) is 24.3 Å². The number of carbonyl (C=O) groups is 2. The first-order valence-electron chi connectivity index (χ1n) is 7.50. The molecule has 0 spiro atoms. The number of rotatable bonds is 5. The smallest absolute Gasteiger partial charge is 0.223 e.